The van der Waals surface area contributed by atoms with Gasteiger partial charge in [0.05, 0.1) is 11.3 Å². The van der Waals surface area contributed by atoms with Crippen molar-refractivity contribution in [1.29, 1.82) is 0 Å². The Hall–Kier alpha value is -0.910. The summed E-state index contributed by atoms with van der Waals surface area (Å²) in [5, 5.41) is 0.639. The Morgan fingerprint density at radius 3 is 2.27 bits per heavy atom. The van der Waals surface area contributed by atoms with Crippen molar-refractivity contribution < 1.29 is 13.2 Å². The lowest BCUT2D eigenvalue weighted by atomic mass is 9.70. The molecule has 0 heterocycles. The third kappa shape index (κ3) is 2.58. The normalized spacial score (nSPS) is 31.8. The topological polar surface area (TPSA) is 63.2 Å². The standard InChI is InChI=1S/C20H26ClNO3S/c1-18(2)15-8-11-19(18,17(23)12-15)13-26(24,25)22-20(9-3-10-20)14-4-6-16(21)7-5-14/h4-7,15,22H,3,8-13H2,1-2H3. The quantitative estimate of drug-likeness (QED) is 0.818. The molecule has 0 aliphatic heterocycles. The summed E-state index contributed by atoms with van der Waals surface area (Å²) < 4.78 is 29.3. The molecular formula is C20H26ClNO3S. The third-order valence-corrected chi connectivity index (χ3v) is 9.36. The van der Waals surface area contributed by atoms with Gasteiger partial charge in [0.15, 0.2) is 0 Å². The monoisotopic (exact) mass is 395 g/mol. The molecule has 3 fully saturated rings. The Morgan fingerprint density at radius 2 is 1.81 bits per heavy atom. The van der Waals surface area contributed by atoms with Crippen molar-refractivity contribution in [3.8, 4) is 0 Å². The van der Waals surface area contributed by atoms with Gasteiger partial charge in [-0.3, -0.25) is 4.79 Å². The predicted octanol–water partition coefficient (Wildman–Crippen LogP) is 4.03. The number of benzene rings is 1. The van der Waals surface area contributed by atoms with Crippen LogP contribution in [0.25, 0.3) is 0 Å². The van der Waals surface area contributed by atoms with Gasteiger partial charge in [-0.25, -0.2) is 13.1 Å². The van der Waals surface area contributed by atoms with E-state index in [2.05, 4.69) is 18.6 Å². The largest absolute Gasteiger partial charge is 0.299 e. The van der Waals surface area contributed by atoms with Crippen LogP contribution in [0.5, 0.6) is 0 Å². The molecule has 2 unspecified atom stereocenters. The van der Waals surface area contributed by atoms with Gasteiger partial charge in [-0.15, -0.1) is 0 Å². The molecule has 1 aromatic rings. The number of fused-ring (bicyclic) bond motifs is 2. The van der Waals surface area contributed by atoms with Gasteiger partial charge in [-0.2, -0.15) is 0 Å². The third-order valence-electron chi connectivity index (χ3n) is 7.53. The van der Waals surface area contributed by atoms with Gasteiger partial charge in [0.2, 0.25) is 10.0 Å². The molecule has 4 nitrogen and oxygen atoms in total. The first-order valence-corrected chi connectivity index (χ1v) is 11.4. The molecule has 3 saturated carbocycles. The van der Waals surface area contributed by atoms with Crippen molar-refractivity contribution in [2.24, 2.45) is 16.7 Å². The fourth-order valence-corrected chi connectivity index (χ4v) is 7.96. The van der Waals surface area contributed by atoms with Crippen LogP contribution < -0.4 is 4.72 Å². The van der Waals surface area contributed by atoms with E-state index in [1.54, 1.807) is 12.1 Å². The number of hydrogen-bond acceptors (Lipinski definition) is 3. The van der Waals surface area contributed by atoms with Gasteiger partial charge in [-0.05, 0) is 61.1 Å². The van der Waals surface area contributed by atoms with E-state index < -0.39 is 21.0 Å². The number of halogens is 1. The van der Waals surface area contributed by atoms with Crippen molar-refractivity contribution >= 4 is 27.4 Å². The summed E-state index contributed by atoms with van der Waals surface area (Å²) in [5.74, 6) is 0.370. The summed E-state index contributed by atoms with van der Waals surface area (Å²) in [6.07, 6.45) is 4.73. The predicted molar refractivity (Wildman–Crippen MR) is 102 cm³/mol. The minimum absolute atomic E-state index is 0.0856. The van der Waals surface area contributed by atoms with Crippen LogP contribution in [-0.4, -0.2) is 20.0 Å². The summed E-state index contributed by atoms with van der Waals surface area (Å²) in [7, 11) is -3.59. The molecule has 3 aliphatic carbocycles. The number of hydrogen-bond donors (Lipinski definition) is 1. The highest BCUT2D eigenvalue weighted by Crippen LogP contribution is 2.64. The SMILES string of the molecule is CC1(C)C2CCC1(CS(=O)(=O)NC1(c3ccc(Cl)cc3)CCC1)C(=O)C2. The van der Waals surface area contributed by atoms with E-state index >= 15 is 0 Å². The highest BCUT2D eigenvalue weighted by molar-refractivity contribution is 7.89. The van der Waals surface area contributed by atoms with Gasteiger partial charge in [0, 0.05) is 16.9 Å². The van der Waals surface area contributed by atoms with Crippen molar-refractivity contribution in [1.82, 2.24) is 4.72 Å². The van der Waals surface area contributed by atoms with Crippen LogP contribution in [0.15, 0.2) is 24.3 Å². The second-order valence-electron chi connectivity index (χ2n) is 8.97. The van der Waals surface area contributed by atoms with E-state index in [1.807, 2.05) is 12.1 Å². The maximum atomic E-state index is 13.2. The van der Waals surface area contributed by atoms with E-state index in [4.69, 9.17) is 11.6 Å². The molecule has 0 aromatic heterocycles. The minimum atomic E-state index is -3.59. The lowest BCUT2D eigenvalue weighted by Crippen LogP contribution is -2.54. The van der Waals surface area contributed by atoms with Crippen LogP contribution in [-0.2, 0) is 20.4 Å². The van der Waals surface area contributed by atoms with Gasteiger partial charge < -0.3 is 0 Å². The van der Waals surface area contributed by atoms with Crippen molar-refractivity contribution in [3.05, 3.63) is 34.9 Å². The second-order valence-corrected chi connectivity index (χ2v) is 11.1. The van der Waals surface area contributed by atoms with Crippen LogP contribution in [0.4, 0.5) is 0 Å². The first kappa shape index (κ1) is 18.5. The van der Waals surface area contributed by atoms with Crippen LogP contribution in [0.1, 0.15) is 57.9 Å². The zero-order valence-electron chi connectivity index (χ0n) is 15.3. The van der Waals surface area contributed by atoms with Gasteiger partial charge in [-0.1, -0.05) is 37.6 Å². The van der Waals surface area contributed by atoms with Crippen molar-refractivity contribution in [3.63, 3.8) is 0 Å². The fourth-order valence-electron chi connectivity index (χ4n) is 5.52. The zero-order chi connectivity index (χ0) is 18.8. The highest BCUT2D eigenvalue weighted by atomic mass is 35.5. The first-order chi connectivity index (χ1) is 12.1. The molecule has 0 spiro atoms. The number of sulfonamides is 1. The highest BCUT2D eigenvalue weighted by Gasteiger charge is 2.65. The van der Waals surface area contributed by atoms with Crippen LogP contribution in [0.3, 0.4) is 0 Å². The lowest BCUT2D eigenvalue weighted by Gasteiger charge is -2.44. The van der Waals surface area contributed by atoms with Gasteiger partial charge in [0.25, 0.3) is 0 Å². The Balaban J connectivity index is 1.61. The van der Waals surface area contributed by atoms with E-state index in [1.165, 1.54) is 0 Å². The second kappa shape index (κ2) is 5.79. The molecule has 26 heavy (non-hydrogen) atoms. The fraction of sp³-hybridized carbons (Fsp3) is 0.650. The molecular weight excluding hydrogens is 370 g/mol. The van der Waals surface area contributed by atoms with E-state index in [9.17, 15) is 13.2 Å². The Kier molecular flexibility index (Phi) is 4.11. The lowest BCUT2D eigenvalue weighted by molar-refractivity contribution is -0.128. The maximum absolute atomic E-state index is 13.2. The minimum Gasteiger partial charge on any atom is -0.299 e. The van der Waals surface area contributed by atoms with E-state index in [-0.39, 0.29) is 17.0 Å². The van der Waals surface area contributed by atoms with Gasteiger partial charge in [0.1, 0.15) is 5.78 Å². The molecule has 0 radical (unpaired) electrons. The summed E-state index contributed by atoms with van der Waals surface area (Å²) in [6.45, 7) is 4.15. The van der Waals surface area contributed by atoms with E-state index in [0.29, 0.717) is 23.8 Å². The number of rotatable bonds is 5. The Bertz CT molecular complexity index is 842. The molecule has 0 saturated heterocycles. The molecule has 142 valence electrons. The molecule has 4 rings (SSSR count). The molecule has 0 amide bonds. The molecule has 2 bridgehead atoms. The maximum Gasteiger partial charge on any atom is 0.213 e. The average Bonchev–Trinajstić information content (AvgIpc) is 2.85. The molecule has 1 aromatic carbocycles. The Morgan fingerprint density at radius 1 is 1.15 bits per heavy atom. The van der Waals surface area contributed by atoms with Crippen LogP contribution >= 0.6 is 11.6 Å². The van der Waals surface area contributed by atoms with Crippen LogP contribution in [0.2, 0.25) is 5.02 Å². The van der Waals surface area contributed by atoms with Crippen molar-refractivity contribution in [2.75, 3.05) is 5.75 Å². The summed E-state index contributed by atoms with van der Waals surface area (Å²) in [5.41, 5.74) is -0.569. The molecule has 3 aliphatic rings. The Labute approximate surface area is 160 Å². The average molecular weight is 396 g/mol. The summed E-state index contributed by atoms with van der Waals surface area (Å²) in [6, 6.07) is 7.40. The molecule has 2 atom stereocenters. The molecule has 1 N–H and O–H groups in total. The summed E-state index contributed by atoms with van der Waals surface area (Å²) in [4.78, 5) is 12.7. The van der Waals surface area contributed by atoms with E-state index in [0.717, 1.165) is 31.2 Å². The number of carbonyl (C=O) groups excluding carboxylic acids is 1. The smallest absolute Gasteiger partial charge is 0.213 e. The number of nitrogens with one attached hydrogen (secondary N) is 1. The number of Topliss-reactive ketones (excluding diaryl/α,β-unsaturated/α-hetero) is 1. The number of carbonyl (C=O) groups is 1. The van der Waals surface area contributed by atoms with Crippen molar-refractivity contribution in [2.45, 2.75) is 57.9 Å². The van der Waals surface area contributed by atoms with Gasteiger partial charge >= 0.3 is 0 Å². The summed E-state index contributed by atoms with van der Waals surface area (Å²) >= 11 is 5.98. The molecule has 6 heteroatoms. The zero-order valence-corrected chi connectivity index (χ0v) is 16.9. The first-order valence-electron chi connectivity index (χ1n) is 9.41. The van der Waals surface area contributed by atoms with Crippen LogP contribution in [0, 0.1) is 16.7 Å². The number of ketones is 1.